The van der Waals surface area contributed by atoms with Crippen molar-refractivity contribution in [3.05, 3.63) is 132 Å². The molecular weight excluding hydrogens is 745 g/mol. The fourth-order valence-corrected chi connectivity index (χ4v) is 9.96. The molecule has 6 nitrogen and oxygen atoms in total. The third-order valence-corrected chi connectivity index (χ3v) is 13.4. The summed E-state index contributed by atoms with van der Waals surface area (Å²) >= 11 is 0. The van der Waals surface area contributed by atoms with Crippen LogP contribution >= 0.6 is 0 Å². The predicted molar refractivity (Wildman–Crippen MR) is 258 cm³/mol. The van der Waals surface area contributed by atoms with E-state index in [0.717, 1.165) is 44.8 Å². The molecule has 0 amide bonds. The van der Waals surface area contributed by atoms with Crippen LogP contribution < -0.4 is 0 Å². The molecule has 0 unspecified atom stereocenters. The molecule has 0 radical (unpaired) electrons. The van der Waals surface area contributed by atoms with Gasteiger partial charge in [-0.2, -0.15) is 0 Å². The number of rotatable bonds is 6. The van der Waals surface area contributed by atoms with Gasteiger partial charge in [0.05, 0.1) is 58.2 Å². The Labute approximate surface area is 363 Å². The van der Waals surface area contributed by atoms with Gasteiger partial charge in [-0.25, -0.2) is 0 Å². The highest BCUT2D eigenvalue weighted by atomic mass is 15.0. The number of hydrogen-bond donors (Lipinski definition) is 0. The summed E-state index contributed by atoms with van der Waals surface area (Å²) in [5.74, 6) is 1.05. The fraction of sp³-hybridized carbons (Fsp3) is 0.418. The Bertz CT molecular complexity index is 2770. The first-order valence-corrected chi connectivity index (χ1v) is 23.4. The van der Waals surface area contributed by atoms with Crippen molar-refractivity contribution in [1.82, 2.24) is 29.1 Å². The van der Waals surface area contributed by atoms with Gasteiger partial charge in [-0.05, 0) is 99.0 Å². The minimum absolute atomic E-state index is 0.0338. The number of aromatic nitrogens is 6. The number of pyridine rings is 4. The predicted octanol–water partition coefficient (Wildman–Crippen LogP) is 15.2. The maximum Gasteiger partial charge on any atom is 0.0725 e. The van der Waals surface area contributed by atoms with Crippen molar-refractivity contribution < 1.29 is 0 Å². The second-order valence-electron chi connectivity index (χ2n) is 18.5. The van der Waals surface area contributed by atoms with Gasteiger partial charge in [-0.3, -0.25) is 19.9 Å². The van der Waals surface area contributed by atoms with Crippen LogP contribution in [0.25, 0.3) is 55.0 Å². The first kappa shape index (κ1) is 42.3. The Morgan fingerprint density at radius 2 is 0.852 bits per heavy atom. The fourth-order valence-electron chi connectivity index (χ4n) is 9.96. The van der Waals surface area contributed by atoms with E-state index in [9.17, 15) is 0 Å². The zero-order valence-corrected chi connectivity index (χ0v) is 38.2. The topological polar surface area (TPSA) is 61.4 Å². The molecule has 0 aliphatic heterocycles. The molecule has 0 saturated heterocycles. The van der Waals surface area contributed by atoms with E-state index >= 15 is 0 Å². The zero-order valence-electron chi connectivity index (χ0n) is 38.2. The highest BCUT2D eigenvalue weighted by Crippen LogP contribution is 2.42. The van der Waals surface area contributed by atoms with Crippen LogP contribution in [0, 0.1) is 0 Å². The molecule has 2 fully saturated rings. The molecule has 0 atom stereocenters. The van der Waals surface area contributed by atoms with E-state index in [1.165, 1.54) is 103 Å². The summed E-state index contributed by atoms with van der Waals surface area (Å²) in [4.78, 5) is 20.8. The number of fused-ring (bicyclic) bond motifs is 6. The van der Waals surface area contributed by atoms with E-state index < -0.39 is 5.41 Å². The minimum atomic E-state index is -0.470. The van der Waals surface area contributed by atoms with Gasteiger partial charge in [0.25, 0.3) is 0 Å². The summed E-state index contributed by atoms with van der Waals surface area (Å²) in [5, 5.41) is 4.92. The maximum atomic E-state index is 5.29. The van der Waals surface area contributed by atoms with Gasteiger partial charge in [0.2, 0.25) is 0 Å². The Balaban J connectivity index is 0.00000125. The molecular formula is C55H66N6. The second kappa shape index (κ2) is 17.6. The Morgan fingerprint density at radius 1 is 0.443 bits per heavy atom. The van der Waals surface area contributed by atoms with Crippen LogP contribution in [0.1, 0.15) is 167 Å². The lowest BCUT2D eigenvalue weighted by atomic mass is 9.83. The first-order chi connectivity index (χ1) is 29.6. The SMILES string of the molecule is CC.CC.CC(C)(C)c1cccc(-n2c3cnc(C4CCCCC4)cc3c3cc(C(C)(C)c4cc5c6cc(C7CCCCC7)ncc6n(-c6ccccc6)c5cn4)ncc32)c1. The average molecular weight is 811 g/mol. The molecule has 0 bridgehead atoms. The van der Waals surface area contributed by atoms with Crippen molar-refractivity contribution in [2.75, 3.05) is 0 Å². The third-order valence-electron chi connectivity index (χ3n) is 13.4. The van der Waals surface area contributed by atoms with E-state index in [0.29, 0.717) is 11.8 Å². The van der Waals surface area contributed by atoms with Crippen LogP contribution in [0.3, 0.4) is 0 Å². The van der Waals surface area contributed by atoms with E-state index in [1.54, 1.807) is 0 Å². The molecule has 6 heteroatoms. The van der Waals surface area contributed by atoms with Crippen LogP contribution in [0.5, 0.6) is 0 Å². The minimum Gasteiger partial charge on any atom is -0.306 e. The van der Waals surface area contributed by atoms with E-state index in [2.05, 4.69) is 147 Å². The van der Waals surface area contributed by atoms with Crippen LogP contribution in [0.2, 0.25) is 0 Å². The highest BCUT2D eigenvalue weighted by Gasteiger charge is 2.30. The van der Waals surface area contributed by atoms with E-state index in [-0.39, 0.29) is 5.41 Å². The molecule has 61 heavy (non-hydrogen) atoms. The molecule has 6 heterocycles. The smallest absolute Gasteiger partial charge is 0.0725 e. The van der Waals surface area contributed by atoms with Crippen LogP contribution in [-0.4, -0.2) is 29.1 Å². The van der Waals surface area contributed by atoms with E-state index in [1.807, 2.05) is 27.7 Å². The Morgan fingerprint density at radius 3 is 1.31 bits per heavy atom. The zero-order chi connectivity index (χ0) is 42.9. The molecule has 10 rings (SSSR count). The van der Waals surface area contributed by atoms with Crippen molar-refractivity contribution in [1.29, 1.82) is 0 Å². The lowest BCUT2D eigenvalue weighted by Crippen LogP contribution is -2.22. The third kappa shape index (κ3) is 7.88. The van der Waals surface area contributed by atoms with Crippen molar-refractivity contribution >= 4 is 43.6 Å². The molecule has 2 aliphatic carbocycles. The van der Waals surface area contributed by atoms with Crippen molar-refractivity contribution in [2.24, 2.45) is 0 Å². The molecule has 6 aromatic heterocycles. The second-order valence-corrected chi connectivity index (χ2v) is 18.5. The molecule has 2 aromatic carbocycles. The number of hydrogen-bond acceptors (Lipinski definition) is 4. The Kier molecular flexibility index (Phi) is 12.2. The molecule has 2 saturated carbocycles. The monoisotopic (exact) mass is 811 g/mol. The quantitative estimate of drug-likeness (QED) is 0.168. The van der Waals surface area contributed by atoms with Gasteiger partial charge in [0.15, 0.2) is 0 Å². The van der Waals surface area contributed by atoms with Crippen molar-refractivity contribution in [3.63, 3.8) is 0 Å². The molecule has 8 aromatic rings. The van der Waals surface area contributed by atoms with Crippen LogP contribution in [0.4, 0.5) is 0 Å². The summed E-state index contributed by atoms with van der Waals surface area (Å²) in [5.41, 5.74) is 12.1. The number of nitrogens with zero attached hydrogens (tertiary/aromatic N) is 6. The van der Waals surface area contributed by atoms with Gasteiger partial charge >= 0.3 is 0 Å². The summed E-state index contributed by atoms with van der Waals surface area (Å²) in [6.07, 6.45) is 21.1. The van der Waals surface area contributed by atoms with Gasteiger partial charge in [0, 0.05) is 61.6 Å². The number of para-hydroxylation sites is 1. The standard InChI is InChI=1S/C51H54N6.2C2H6/c1-50(2,3)35-20-15-23-37(24-35)57-45-30-53-43(34-18-11-7-12-19-34)26-39(45)41-28-49(55-32-47(41)57)51(4,5)48-27-40-38-25-42(33-16-9-6-10-17-33)52-29-44(38)56(46(40)31-54-48)36-21-13-8-14-22-36;2*1-2/h8,13-15,20-34H,6-7,9-12,16-19H2,1-5H3;2*1-2H3. The summed E-state index contributed by atoms with van der Waals surface area (Å²) in [7, 11) is 0. The van der Waals surface area contributed by atoms with Gasteiger partial charge < -0.3 is 9.13 Å². The van der Waals surface area contributed by atoms with Gasteiger partial charge in [-0.1, -0.05) is 117 Å². The molecule has 0 N–H and O–H groups in total. The largest absolute Gasteiger partial charge is 0.306 e. The molecule has 0 spiro atoms. The van der Waals surface area contributed by atoms with E-state index in [4.69, 9.17) is 19.9 Å². The Hall–Kier alpha value is -5.36. The first-order valence-electron chi connectivity index (χ1n) is 23.4. The number of benzene rings is 2. The van der Waals surface area contributed by atoms with Gasteiger partial charge in [0.1, 0.15) is 0 Å². The highest BCUT2D eigenvalue weighted by molar-refractivity contribution is 6.10. The molecule has 316 valence electrons. The molecule has 2 aliphatic rings. The normalized spacial score (nSPS) is 15.5. The van der Waals surface area contributed by atoms with Crippen molar-refractivity contribution in [3.8, 4) is 11.4 Å². The summed E-state index contributed by atoms with van der Waals surface area (Å²) in [6.45, 7) is 19.4. The average Bonchev–Trinajstić information content (AvgIpc) is 3.82. The summed E-state index contributed by atoms with van der Waals surface area (Å²) < 4.78 is 4.71. The van der Waals surface area contributed by atoms with Crippen LogP contribution in [0.15, 0.2) is 104 Å². The van der Waals surface area contributed by atoms with Crippen molar-refractivity contribution in [2.45, 2.75) is 149 Å². The maximum absolute atomic E-state index is 5.29. The van der Waals surface area contributed by atoms with Gasteiger partial charge in [-0.15, -0.1) is 0 Å². The summed E-state index contributed by atoms with van der Waals surface area (Å²) in [6, 6.07) is 29.1. The lowest BCUT2D eigenvalue weighted by Gasteiger charge is -2.24. The van der Waals surface area contributed by atoms with Crippen LogP contribution in [-0.2, 0) is 10.8 Å². The lowest BCUT2D eigenvalue weighted by molar-refractivity contribution is 0.437.